The number of alkyl carbamates (subject to hydrolysis) is 1. The molecule has 1 atom stereocenters. The molecule has 0 fully saturated rings. The van der Waals surface area contributed by atoms with Gasteiger partial charge in [-0.1, -0.05) is 68.3 Å². The minimum absolute atomic E-state index is 0.104. The molecule has 8 heteroatoms. The molecule has 2 aromatic carbocycles. The highest BCUT2D eigenvalue weighted by molar-refractivity contribution is 5.82. The fraction of sp³-hybridized carbons (Fsp3) is 0.462. The third kappa shape index (κ3) is 6.98. The van der Waals surface area contributed by atoms with Crippen LogP contribution in [0.15, 0.2) is 48.5 Å². The van der Waals surface area contributed by atoms with Crippen molar-refractivity contribution >= 4 is 12.1 Å². The number of benzene rings is 2. The Hall–Kier alpha value is -3.03. The van der Waals surface area contributed by atoms with Gasteiger partial charge in [-0.25, -0.2) is 9.59 Å². The van der Waals surface area contributed by atoms with Gasteiger partial charge in [-0.05, 0) is 41.5 Å². The van der Waals surface area contributed by atoms with E-state index < -0.39 is 30.7 Å². The summed E-state index contributed by atoms with van der Waals surface area (Å²) in [6, 6.07) is 15.0. The van der Waals surface area contributed by atoms with Crippen molar-refractivity contribution in [3.8, 4) is 11.1 Å². The Morgan fingerprint density at radius 3 is 2.15 bits per heavy atom. The van der Waals surface area contributed by atoms with Crippen LogP contribution in [0.25, 0.3) is 11.1 Å². The zero-order valence-corrected chi connectivity index (χ0v) is 19.2. The average molecular weight is 478 g/mol. The minimum atomic E-state index is -4.22. The van der Waals surface area contributed by atoms with Gasteiger partial charge in [0.2, 0.25) is 0 Å². The summed E-state index contributed by atoms with van der Waals surface area (Å²) in [7, 11) is 0. The van der Waals surface area contributed by atoms with Crippen LogP contribution in [0.1, 0.15) is 62.5 Å². The lowest BCUT2D eigenvalue weighted by atomic mass is 9.98. The highest BCUT2D eigenvalue weighted by Gasteiger charge is 2.30. The van der Waals surface area contributed by atoms with Gasteiger partial charge in [-0.15, -0.1) is 0 Å². The Morgan fingerprint density at radius 2 is 1.56 bits per heavy atom. The lowest BCUT2D eigenvalue weighted by Crippen LogP contribution is -2.42. The Kier molecular flexibility index (Phi) is 8.96. The first kappa shape index (κ1) is 25.6. The largest absolute Gasteiger partial charge is 0.464 e. The maximum absolute atomic E-state index is 12.5. The highest BCUT2D eigenvalue weighted by Crippen LogP contribution is 2.44. The average Bonchev–Trinajstić information content (AvgIpc) is 3.13. The van der Waals surface area contributed by atoms with E-state index in [1.54, 1.807) is 0 Å². The van der Waals surface area contributed by atoms with Crippen molar-refractivity contribution in [1.82, 2.24) is 5.32 Å². The lowest BCUT2D eigenvalue weighted by molar-refractivity contribution is -0.147. The first-order valence-corrected chi connectivity index (χ1v) is 11.6. The predicted molar refractivity (Wildman–Crippen MR) is 122 cm³/mol. The van der Waals surface area contributed by atoms with Crippen molar-refractivity contribution in [3.63, 3.8) is 0 Å². The maximum atomic E-state index is 12.5. The number of carbonyl (C=O) groups is 2. The molecule has 0 bridgehead atoms. The first-order chi connectivity index (χ1) is 16.3. The van der Waals surface area contributed by atoms with Crippen molar-refractivity contribution in [2.45, 2.75) is 63.6 Å². The summed E-state index contributed by atoms with van der Waals surface area (Å²) >= 11 is 0. The number of carbonyl (C=O) groups excluding carboxylic acids is 2. The molecule has 0 aromatic heterocycles. The summed E-state index contributed by atoms with van der Waals surface area (Å²) in [4.78, 5) is 24.9. The van der Waals surface area contributed by atoms with E-state index in [0.717, 1.165) is 28.7 Å². The summed E-state index contributed by atoms with van der Waals surface area (Å²) in [5, 5.41) is 2.57. The Balaban J connectivity index is 1.53. The minimum Gasteiger partial charge on any atom is -0.464 e. The quantitative estimate of drug-likeness (QED) is 0.302. The second-order valence-corrected chi connectivity index (χ2v) is 8.40. The summed E-state index contributed by atoms with van der Waals surface area (Å²) in [5.74, 6) is -0.762. The van der Waals surface area contributed by atoms with Crippen LogP contribution in [0.3, 0.4) is 0 Å². The Morgan fingerprint density at radius 1 is 0.941 bits per heavy atom. The highest BCUT2D eigenvalue weighted by atomic mass is 19.4. The third-order valence-corrected chi connectivity index (χ3v) is 5.87. The zero-order chi connectivity index (χ0) is 24.6. The number of halogens is 3. The molecular formula is C26H30F3NO4. The van der Waals surface area contributed by atoms with Gasteiger partial charge in [0.1, 0.15) is 12.6 Å². The van der Waals surface area contributed by atoms with Crippen LogP contribution in [0, 0.1) is 0 Å². The number of ether oxygens (including phenoxy) is 2. The van der Waals surface area contributed by atoms with Crippen LogP contribution < -0.4 is 5.32 Å². The van der Waals surface area contributed by atoms with Crippen molar-refractivity contribution in [2.75, 3.05) is 13.2 Å². The van der Waals surface area contributed by atoms with E-state index in [2.05, 4.69) is 5.32 Å². The van der Waals surface area contributed by atoms with Crippen molar-refractivity contribution in [1.29, 1.82) is 0 Å². The van der Waals surface area contributed by atoms with Crippen LogP contribution in [-0.2, 0) is 14.3 Å². The molecule has 5 nitrogen and oxygen atoms in total. The molecule has 1 aliphatic rings. The normalized spacial score (nSPS) is 13.6. The molecule has 184 valence electrons. The molecule has 1 aliphatic carbocycles. The zero-order valence-electron chi connectivity index (χ0n) is 19.2. The van der Waals surface area contributed by atoms with Crippen molar-refractivity contribution in [2.24, 2.45) is 0 Å². The van der Waals surface area contributed by atoms with Crippen LogP contribution in [0.5, 0.6) is 0 Å². The van der Waals surface area contributed by atoms with Gasteiger partial charge in [0.05, 0.1) is 6.61 Å². The number of esters is 1. The number of hydrogen-bond acceptors (Lipinski definition) is 4. The molecule has 0 unspecified atom stereocenters. The van der Waals surface area contributed by atoms with Crippen molar-refractivity contribution in [3.05, 3.63) is 59.7 Å². The van der Waals surface area contributed by atoms with Gasteiger partial charge in [0, 0.05) is 12.3 Å². The van der Waals surface area contributed by atoms with E-state index in [4.69, 9.17) is 9.47 Å². The molecule has 0 saturated heterocycles. The standard InChI is InChI=1S/C26H30F3NO4/c1-2-3-14-23(24(31)33-16-9-8-15-26(27,28)29)30-25(32)34-17-22-20-12-6-4-10-18(20)19-11-5-7-13-21(19)22/h4-7,10-13,22-23H,2-3,8-9,14-17H2,1H3,(H,30,32)/t23-/m1/s1. The summed E-state index contributed by atoms with van der Waals surface area (Å²) in [5.41, 5.74) is 4.39. The monoisotopic (exact) mass is 477 g/mol. The molecule has 0 spiro atoms. The van der Waals surface area contributed by atoms with Crippen LogP contribution in [-0.4, -0.2) is 37.5 Å². The number of alkyl halides is 3. The van der Waals surface area contributed by atoms with E-state index in [9.17, 15) is 22.8 Å². The Labute approximate surface area is 197 Å². The number of rotatable bonds is 11. The number of amides is 1. The smallest absolute Gasteiger partial charge is 0.407 e. The van der Waals surface area contributed by atoms with Crippen LogP contribution >= 0.6 is 0 Å². The molecule has 0 aliphatic heterocycles. The van der Waals surface area contributed by atoms with E-state index in [1.807, 2.05) is 55.5 Å². The van der Waals surface area contributed by atoms with Crippen LogP contribution in [0.4, 0.5) is 18.0 Å². The van der Waals surface area contributed by atoms with Gasteiger partial charge >= 0.3 is 18.2 Å². The lowest BCUT2D eigenvalue weighted by Gasteiger charge is -2.19. The van der Waals surface area contributed by atoms with Gasteiger partial charge in [0.25, 0.3) is 0 Å². The number of fused-ring (bicyclic) bond motifs is 3. The van der Waals surface area contributed by atoms with Gasteiger partial charge < -0.3 is 14.8 Å². The van der Waals surface area contributed by atoms with Crippen molar-refractivity contribution < 1.29 is 32.2 Å². The second kappa shape index (κ2) is 11.9. The summed E-state index contributed by atoms with van der Waals surface area (Å²) in [6.45, 7) is 1.95. The molecule has 0 saturated carbocycles. The predicted octanol–water partition coefficient (Wildman–Crippen LogP) is 6.36. The maximum Gasteiger partial charge on any atom is 0.407 e. The molecular weight excluding hydrogens is 447 g/mol. The fourth-order valence-electron chi connectivity index (χ4n) is 4.14. The SMILES string of the molecule is CCCC[C@@H](NC(=O)OCC1c2ccccc2-c2ccccc21)C(=O)OCCCCC(F)(F)F. The molecule has 0 heterocycles. The molecule has 2 aromatic rings. The number of hydrogen-bond donors (Lipinski definition) is 1. The summed E-state index contributed by atoms with van der Waals surface area (Å²) in [6.07, 6.45) is -4.02. The molecule has 34 heavy (non-hydrogen) atoms. The topological polar surface area (TPSA) is 64.6 Å². The van der Waals surface area contributed by atoms with E-state index in [0.29, 0.717) is 12.8 Å². The number of unbranched alkanes of at least 4 members (excludes halogenated alkanes) is 2. The van der Waals surface area contributed by atoms with Crippen LogP contribution in [0.2, 0.25) is 0 Å². The molecule has 1 amide bonds. The molecule has 1 N–H and O–H groups in total. The number of nitrogens with one attached hydrogen (secondary N) is 1. The van der Waals surface area contributed by atoms with E-state index in [-0.39, 0.29) is 32.0 Å². The van der Waals surface area contributed by atoms with E-state index >= 15 is 0 Å². The molecule has 3 rings (SSSR count). The Bertz CT molecular complexity index is 931. The van der Waals surface area contributed by atoms with Gasteiger partial charge in [-0.3, -0.25) is 0 Å². The van der Waals surface area contributed by atoms with Gasteiger partial charge in [0.15, 0.2) is 0 Å². The molecule has 0 radical (unpaired) electrons. The third-order valence-electron chi connectivity index (χ3n) is 5.87. The second-order valence-electron chi connectivity index (χ2n) is 8.40. The fourth-order valence-corrected chi connectivity index (χ4v) is 4.14. The van der Waals surface area contributed by atoms with Gasteiger partial charge in [-0.2, -0.15) is 13.2 Å². The van der Waals surface area contributed by atoms with E-state index in [1.165, 1.54) is 0 Å². The first-order valence-electron chi connectivity index (χ1n) is 11.6. The summed E-state index contributed by atoms with van der Waals surface area (Å²) < 4.78 is 47.3.